The van der Waals surface area contributed by atoms with E-state index in [0.717, 1.165) is 6.54 Å². The molecule has 2 amide bonds. The molecule has 9 nitrogen and oxygen atoms in total. The van der Waals surface area contributed by atoms with Gasteiger partial charge in [-0.15, -0.1) is 0 Å². The summed E-state index contributed by atoms with van der Waals surface area (Å²) in [5, 5.41) is 11.1. The van der Waals surface area contributed by atoms with Gasteiger partial charge < -0.3 is 14.7 Å². The third kappa shape index (κ3) is 3.72. The monoisotopic (exact) mass is 372 g/mol. The number of nitrogens with zero attached hydrogens (tertiary/aromatic N) is 5. The van der Waals surface area contributed by atoms with E-state index in [1.165, 1.54) is 12.8 Å². The number of amides is 2. The lowest BCUT2D eigenvalue weighted by Crippen LogP contribution is -2.56. The van der Waals surface area contributed by atoms with E-state index >= 15 is 0 Å². The molecule has 27 heavy (non-hydrogen) atoms. The summed E-state index contributed by atoms with van der Waals surface area (Å²) >= 11 is 0. The maximum atomic E-state index is 13.0. The Morgan fingerprint density at radius 3 is 2.70 bits per heavy atom. The Labute approximate surface area is 157 Å². The second-order valence-electron chi connectivity index (χ2n) is 7.43. The summed E-state index contributed by atoms with van der Waals surface area (Å²) in [5.41, 5.74) is -0.740. The highest BCUT2D eigenvalue weighted by Crippen LogP contribution is 2.32. The standard InChI is InChI=1S/C18H24N6O3/c1-13-21-15(27-22-13)11-16(25)23-9-5-18(6-10-23,24-8-2-7-20-24)17(26)19-12-14-3-4-14/h2,7-8,14H,3-6,9-12H2,1H3,(H,19,26). The molecule has 1 saturated heterocycles. The van der Waals surface area contributed by atoms with Crippen LogP contribution in [0.1, 0.15) is 37.4 Å². The average Bonchev–Trinajstić information content (AvgIpc) is 3.15. The quantitative estimate of drug-likeness (QED) is 0.798. The van der Waals surface area contributed by atoms with E-state index in [-0.39, 0.29) is 18.2 Å². The van der Waals surface area contributed by atoms with Crippen molar-refractivity contribution in [1.29, 1.82) is 0 Å². The lowest BCUT2D eigenvalue weighted by Gasteiger charge is -2.40. The smallest absolute Gasteiger partial charge is 0.248 e. The van der Waals surface area contributed by atoms with Gasteiger partial charge in [-0.3, -0.25) is 14.3 Å². The zero-order valence-corrected chi connectivity index (χ0v) is 15.4. The molecule has 3 heterocycles. The molecule has 2 aliphatic rings. The highest BCUT2D eigenvalue weighted by Gasteiger charge is 2.44. The summed E-state index contributed by atoms with van der Waals surface area (Å²) in [7, 11) is 0. The fourth-order valence-electron chi connectivity index (χ4n) is 3.58. The zero-order valence-electron chi connectivity index (χ0n) is 15.4. The van der Waals surface area contributed by atoms with Gasteiger partial charge in [0, 0.05) is 32.0 Å². The fraction of sp³-hybridized carbons (Fsp3) is 0.611. The Hall–Kier alpha value is -2.71. The van der Waals surface area contributed by atoms with E-state index in [9.17, 15) is 9.59 Å². The molecule has 2 aromatic heterocycles. The number of likely N-dealkylation sites (tertiary alicyclic amines) is 1. The van der Waals surface area contributed by atoms with Crippen molar-refractivity contribution in [3.05, 3.63) is 30.2 Å². The van der Waals surface area contributed by atoms with E-state index in [1.807, 2.05) is 12.3 Å². The van der Waals surface area contributed by atoms with Crippen LogP contribution in [-0.4, -0.2) is 56.3 Å². The van der Waals surface area contributed by atoms with E-state index in [1.54, 1.807) is 22.7 Å². The van der Waals surface area contributed by atoms with E-state index in [0.29, 0.717) is 43.6 Å². The number of aromatic nitrogens is 4. The number of aryl methyl sites for hydroxylation is 1. The average molecular weight is 372 g/mol. The second-order valence-corrected chi connectivity index (χ2v) is 7.43. The van der Waals surface area contributed by atoms with E-state index < -0.39 is 5.54 Å². The van der Waals surface area contributed by atoms with Crippen LogP contribution in [0.25, 0.3) is 0 Å². The first-order valence-electron chi connectivity index (χ1n) is 9.42. The molecular weight excluding hydrogens is 348 g/mol. The van der Waals surface area contributed by atoms with Gasteiger partial charge in [-0.2, -0.15) is 10.1 Å². The van der Waals surface area contributed by atoms with Crippen LogP contribution in [0.3, 0.4) is 0 Å². The Balaban J connectivity index is 1.42. The predicted octanol–water partition coefficient (Wildman–Crippen LogP) is 0.661. The number of piperidine rings is 1. The number of nitrogens with one attached hydrogen (secondary N) is 1. The van der Waals surface area contributed by atoms with Crippen LogP contribution in [0, 0.1) is 12.8 Å². The molecule has 0 radical (unpaired) electrons. The van der Waals surface area contributed by atoms with Crippen molar-refractivity contribution in [1.82, 2.24) is 30.1 Å². The minimum atomic E-state index is -0.740. The number of hydrogen-bond donors (Lipinski definition) is 1. The van der Waals surface area contributed by atoms with Gasteiger partial charge in [0.05, 0.1) is 0 Å². The fourth-order valence-corrected chi connectivity index (χ4v) is 3.58. The highest BCUT2D eigenvalue weighted by atomic mass is 16.5. The lowest BCUT2D eigenvalue weighted by atomic mass is 9.86. The summed E-state index contributed by atoms with van der Waals surface area (Å²) < 4.78 is 6.79. The van der Waals surface area contributed by atoms with Crippen molar-refractivity contribution in [2.45, 2.75) is 44.6 Å². The van der Waals surface area contributed by atoms with E-state index in [2.05, 4.69) is 20.6 Å². The summed E-state index contributed by atoms with van der Waals surface area (Å²) in [6, 6.07) is 1.82. The molecule has 1 aliphatic heterocycles. The number of hydrogen-bond acceptors (Lipinski definition) is 6. The first kappa shape index (κ1) is 17.7. The molecule has 1 aliphatic carbocycles. The van der Waals surface area contributed by atoms with Gasteiger partial charge in [0.1, 0.15) is 12.0 Å². The van der Waals surface area contributed by atoms with Gasteiger partial charge in [0.25, 0.3) is 0 Å². The highest BCUT2D eigenvalue weighted by molar-refractivity contribution is 5.85. The lowest BCUT2D eigenvalue weighted by molar-refractivity contribution is -0.140. The third-order valence-electron chi connectivity index (χ3n) is 5.43. The summed E-state index contributed by atoms with van der Waals surface area (Å²) in [5.74, 6) is 1.39. The third-order valence-corrected chi connectivity index (χ3v) is 5.43. The van der Waals surface area contributed by atoms with Crippen LogP contribution in [-0.2, 0) is 21.5 Å². The van der Waals surface area contributed by atoms with Crippen LogP contribution >= 0.6 is 0 Å². The first-order chi connectivity index (χ1) is 13.1. The second kappa shape index (κ2) is 7.13. The minimum Gasteiger partial charge on any atom is -0.354 e. The maximum absolute atomic E-state index is 13.0. The van der Waals surface area contributed by atoms with Crippen LogP contribution in [0.15, 0.2) is 23.0 Å². The molecule has 0 unspecified atom stereocenters. The molecule has 1 saturated carbocycles. The summed E-state index contributed by atoms with van der Waals surface area (Å²) in [6.07, 6.45) is 7.03. The van der Waals surface area contributed by atoms with Gasteiger partial charge in [-0.1, -0.05) is 5.16 Å². The molecule has 0 atom stereocenters. The molecule has 0 spiro atoms. The molecule has 2 fully saturated rings. The molecule has 4 rings (SSSR count). The van der Waals surface area contributed by atoms with Gasteiger partial charge in [-0.05, 0) is 44.6 Å². The van der Waals surface area contributed by atoms with Gasteiger partial charge in [0.15, 0.2) is 5.82 Å². The molecule has 0 aromatic carbocycles. The maximum Gasteiger partial charge on any atom is 0.248 e. The van der Waals surface area contributed by atoms with Crippen molar-refractivity contribution in [2.24, 2.45) is 5.92 Å². The molecule has 9 heteroatoms. The number of carbonyl (C=O) groups excluding carboxylic acids is 2. The molecule has 1 N–H and O–H groups in total. The number of carbonyl (C=O) groups is 2. The van der Waals surface area contributed by atoms with Gasteiger partial charge in [-0.25, -0.2) is 0 Å². The normalized spacial score (nSPS) is 19.1. The Bertz CT molecular complexity index is 803. The number of rotatable bonds is 6. The summed E-state index contributed by atoms with van der Waals surface area (Å²) in [4.78, 5) is 31.4. The van der Waals surface area contributed by atoms with Crippen molar-refractivity contribution < 1.29 is 14.1 Å². The molecular formula is C18H24N6O3. The van der Waals surface area contributed by atoms with E-state index in [4.69, 9.17) is 4.52 Å². The summed E-state index contributed by atoms with van der Waals surface area (Å²) in [6.45, 7) is 3.42. The largest absolute Gasteiger partial charge is 0.354 e. The van der Waals surface area contributed by atoms with Crippen LogP contribution in [0.5, 0.6) is 0 Å². The zero-order chi connectivity index (χ0) is 18.9. The molecule has 144 valence electrons. The van der Waals surface area contributed by atoms with Crippen LogP contribution in [0.2, 0.25) is 0 Å². The topological polar surface area (TPSA) is 106 Å². The Morgan fingerprint density at radius 1 is 1.33 bits per heavy atom. The molecule has 2 aromatic rings. The van der Waals surface area contributed by atoms with Crippen molar-refractivity contribution in [3.8, 4) is 0 Å². The van der Waals surface area contributed by atoms with Crippen LogP contribution < -0.4 is 5.32 Å². The Kier molecular flexibility index (Phi) is 4.67. The minimum absolute atomic E-state index is 0.00211. The molecule has 0 bridgehead atoms. The first-order valence-corrected chi connectivity index (χ1v) is 9.42. The van der Waals surface area contributed by atoms with Crippen LogP contribution in [0.4, 0.5) is 0 Å². The van der Waals surface area contributed by atoms with Crippen molar-refractivity contribution in [2.75, 3.05) is 19.6 Å². The Morgan fingerprint density at radius 2 is 2.11 bits per heavy atom. The van der Waals surface area contributed by atoms with Crippen molar-refractivity contribution >= 4 is 11.8 Å². The SMILES string of the molecule is Cc1noc(CC(=O)N2CCC(C(=O)NCC3CC3)(n3cccn3)CC2)n1. The van der Waals surface area contributed by atoms with Crippen molar-refractivity contribution in [3.63, 3.8) is 0 Å². The van der Waals surface area contributed by atoms with Gasteiger partial charge in [0.2, 0.25) is 17.7 Å². The van der Waals surface area contributed by atoms with Gasteiger partial charge >= 0.3 is 0 Å². The predicted molar refractivity (Wildman–Crippen MR) is 94.5 cm³/mol.